The molecule has 2 aromatic heterocycles. The number of hydrogen-bond donors (Lipinski definition) is 0. The van der Waals surface area contributed by atoms with Crippen LogP contribution in [0.1, 0.15) is 17.1 Å². The number of rotatable bonds is 3. The molecular formula is C20H14FN3O. The molecule has 0 saturated carbocycles. The van der Waals surface area contributed by atoms with Gasteiger partial charge in [-0.05, 0) is 42.8 Å². The average molecular weight is 331 g/mol. The number of nitrogens with zero attached hydrogens (tertiary/aromatic N) is 3. The molecule has 4 rings (SSSR count). The van der Waals surface area contributed by atoms with Crippen molar-refractivity contribution in [3.63, 3.8) is 0 Å². The van der Waals surface area contributed by atoms with E-state index in [1.807, 2.05) is 37.3 Å². The SMILES string of the molecule is Cc1cc(-c2noc(/C=C/c3ccc(F)cc3)n2)c2ccccc2n1. The third kappa shape index (κ3) is 3.17. The lowest BCUT2D eigenvalue weighted by atomic mass is 10.1. The fraction of sp³-hybridized carbons (Fsp3) is 0.0500. The van der Waals surface area contributed by atoms with Crippen molar-refractivity contribution >= 4 is 23.1 Å². The van der Waals surface area contributed by atoms with Crippen molar-refractivity contribution in [3.8, 4) is 11.4 Å². The molecule has 0 spiro atoms. The molecule has 0 radical (unpaired) electrons. The summed E-state index contributed by atoms with van der Waals surface area (Å²) in [4.78, 5) is 8.96. The molecule has 0 amide bonds. The smallest absolute Gasteiger partial charge is 0.250 e. The molecule has 2 aromatic carbocycles. The molecule has 0 N–H and O–H groups in total. The van der Waals surface area contributed by atoms with Crippen molar-refractivity contribution in [2.45, 2.75) is 6.92 Å². The van der Waals surface area contributed by atoms with E-state index in [2.05, 4.69) is 15.1 Å². The molecule has 25 heavy (non-hydrogen) atoms. The Morgan fingerprint density at radius 3 is 2.60 bits per heavy atom. The monoisotopic (exact) mass is 331 g/mol. The lowest BCUT2D eigenvalue weighted by Gasteiger charge is -2.03. The van der Waals surface area contributed by atoms with Gasteiger partial charge < -0.3 is 4.52 Å². The van der Waals surface area contributed by atoms with Gasteiger partial charge in [0.15, 0.2) is 0 Å². The van der Waals surface area contributed by atoms with Crippen LogP contribution in [0.2, 0.25) is 0 Å². The summed E-state index contributed by atoms with van der Waals surface area (Å²) < 4.78 is 18.2. The Labute approximate surface area is 143 Å². The van der Waals surface area contributed by atoms with Crippen molar-refractivity contribution in [3.05, 3.63) is 77.6 Å². The first-order valence-electron chi connectivity index (χ1n) is 7.83. The third-order valence-corrected chi connectivity index (χ3v) is 3.82. The van der Waals surface area contributed by atoms with Crippen molar-refractivity contribution in [1.82, 2.24) is 15.1 Å². The Balaban J connectivity index is 1.69. The number of fused-ring (bicyclic) bond motifs is 1. The van der Waals surface area contributed by atoms with E-state index in [0.717, 1.165) is 27.7 Å². The quantitative estimate of drug-likeness (QED) is 0.535. The molecule has 0 unspecified atom stereocenters. The minimum atomic E-state index is -0.267. The lowest BCUT2D eigenvalue weighted by Crippen LogP contribution is -1.89. The number of benzene rings is 2. The van der Waals surface area contributed by atoms with Crippen LogP contribution in [0.15, 0.2) is 59.1 Å². The predicted octanol–water partition coefficient (Wildman–Crippen LogP) is 4.90. The second-order valence-corrected chi connectivity index (χ2v) is 5.67. The summed E-state index contributed by atoms with van der Waals surface area (Å²) in [7, 11) is 0. The van der Waals surface area contributed by atoms with Gasteiger partial charge in [0.2, 0.25) is 5.82 Å². The van der Waals surface area contributed by atoms with E-state index in [4.69, 9.17) is 4.52 Å². The predicted molar refractivity (Wildman–Crippen MR) is 95.1 cm³/mol. The lowest BCUT2D eigenvalue weighted by molar-refractivity contribution is 0.411. The zero-order valence-electron chi connectivity index (χ0n) is 13.5. The topological polar surface area (TPSA) is 51.8 Å². The van der Waals surface area contributed by atoms with Crippen LogP contribution in [0.5, 0.6) is 0 Å². The van der Waals surface area contributed by atoms with Crippen molar-refractivity contribution < 1.29 is 8.91 Å². The molecule has 0 aliphatic heterocycles. The minimum absolute atomic E-state index is 0.267. The first-order chi connectivity index (χ1) is 12.2. The van der Waals surface area contributed by atoms with E-state index in [1.165, 1.54) is 12.1 Å². The molecule has 5 heteroatoms. The summed E-state index contributed by atoms with van der Waals surface area (Å²) >= 11 is 0. The molecule has 0 saturated heterocycles. The van der Waals surface area contributed by atoms with Crippen LogP contribution in [0.3, 0.4) is 0 Å². The fourth-order valence-corrected chi connectivity index (χ4v) is 2.65. The van der Waals surface area contributed by atoms with Crippen LogP contribution >= 0.6 is 0 Å². The number of para-hydroxylation sites is 1. The van der Waals surface area contributed by atoms with Crippen LogP contribution < -0.4 is 0 Å². The molecule has 4 nitrogen and oxygen atoms in total. The minimum Gasteiger partial charge on any atom is -0.334 e. The molecule has 0 atom stereocenters. The first kappa shape index (κ1) is 15.2. The molecule has 0 bridgehead atoms. The van der Waals surface area contributed by atoms with Crippen molar-refractivity contribution in [2.24, 2.45) is 0 Å². The molecule has 2 heterocycles. The van der Waals surface area contributed by atoms with Crippen LogP contribution in [0.25, 0.3) is 34.4 Å². The summed E-state index contributed by atoms with van der Waals surface area (Å²) in [5.41, 5.74) is 3.52. The maximum atomic E-state index is 12.9. The zero-order chi connectivity index (χ0) is 17.2. The van der Waals surface area contributed by atoms with Crippen LogP contribution in [-0.2, 0) is 0 Å². The van der Waals surface area contributed by atoms with Crippen LogP contribution in [-0.4, -0.2) is 15.1 Å². The third-order valence-electron chi connectivity index (χ3n) is 3.82. The maximum Gasteiger partial charge on any atom is 0.250 e. The highest BCUT2D eigenvalue weighted by atomic mass is 19.1. The fourth-order valence-electron chi connectivity index (χ4n) is 2.65. The van der Waals surface area contributed by atoms with Crippen LogP contribution in [0.4, 0.5) is 4.39 Å². The molecule has 0 aliphatic carbocycles. The summed E-state index contributed by atoms with van der Waals surface area (Å²) in [6, 6.07) is 16.0. The normalized spacial score (nSPS) is 11.4. The van der Waals surface area contributed by atoms with Gasteiger partial charge in [-0.3, -0.25) is 4.98 Å². The van der Waals surface area contributed by atoms with Gasteiger partial charge in [0.1, 0.15) is 5.82 Å². The Kier molecular flexibility index (Phi) is 3.82. The van der Waals surface area contributed by atoms with E-state index in [9.17, 15) is 4.39 Å². The Hall–Kier alpha value is -3.34. The van der Waals surface area contributed by atoms with Crippen LogP contribution in [0, 0.1) is 12.7 Å². The zero-order valence-corrected chi connectivity index (χ0v) is 13.5. The van der Waals surface area contributed by atoms with Gasteiger partial charge in [-0.15, -0.1) is 0 Å². The van der Waals surface area contributed by atoms with Crippen molar-refractivity contribution in [1.29, 1.82) is 0 Å². The van der Waals surface area contributed by atoms with E-state index in [-0.39, 0.29) is 5.82 Å². The Morgan fingerprint density at radius 1 is 0.960 bits per heavy atom. The van der Waals surface area contributed by atoms with Gasteiger partial charge in [-0.2, -0.15) is 4.98 Å². The summed E-state index contributed by atoms with van der Waals surface area (Å²) in [6.45, 7) is 1.94. The van der Waals surface area contributed by atoms with Gasteiger partial charge in [0, 0.05) is 22.7 Å². The molecule has 122 valence electrons. The highest BCUT2D eigenvalue weighted by Gasteiger charge is 2.12. The Bertz CT molecular complexity index is 1070. The average Bonchev–Trinajstić information content (AvgIpc) is 3.09. The number of hydrogen-bond acceptors (Lipinski definition) is 4. The van der Waals surface area contributed by atoms with Gasteiger partial charge in [0.05, 0.1) is 5.52 Å². The van der Waals surface area contributed by atoms with Gasteiger partial charge >= 0.3 is 0 Å². The summed E-state index contributed by atoms with van der Waals surface area (Å²) in [5, 5.41) is 5.05. The number of halogens is 1. The number of aryl methyl sites for hydroxylation is 1. The molecular weight excluding hydrogens is 317 g/mol. The van der Waals surface area contributed by atoms with E-state index < -0.39 is 0 Å². The largest absolute Gasteiger partial charge is 0.334 e. The number of pyridine rings is 1. The number of aromatic nitrogens is 3. The Morgan fingerprint density at radius 2 is 1.76 bits per heavy atom. The highest BCUT2D eigenvalue weighted by molar-refractivity contribution is 5.92. The van der Waals surface area contributed by atoms with Crippen molar-refractivity contribution in [2.75, 3.05) is 0 Å². The maximum absolute atomic E-state index is 12.9. The standard InChI is InChI=1S/C20H14FN3O/c1-13-12-17(16-4-2-3-5-18(16)22-13)20-23-19(25-24-20)11-8-14-6-9-15(21)10-7-14/h2-12H,1H3/b11-8+. The van der Waals surface area contributed by atoms with Gasteiger partial charge in [-0.25, -0.2) is 4.39 Å². The summed E-state index contributed by atoms with van der Waals surface area (Å²) in [6.07, 6.45) is 3.51. The molecule has 0 aliphatic rings. The summed E-state index contributed by atoms with van der Waals surface area (Å²) in [5.74, 6) is 0.635. The van der Waals surface area contributed by atoms with E-state index in [0.29, 0.717) is 11.7 Å². The van der Waals surface area contributed by atoms with E-state index in [1.54, 1.807) is 24.3 Å². The second-order valence-electron chi connectivity index (χ2n) is 5.67. The molecule has 4 aromatic rings. The first-order valence-corrected chi connectivity index (χ1v) is 7.83. The molecule has 0 fully saturated rings. The van der Waals surface area contributed by atoms with Gasteiger partial charge in [-0.1, -0.05) is 35.5 Å². The van der Waals surface area contributed by atoms with E-state index >= 15 is 0 Å². The second kappa shape index (κ2) is 6.28. The van der Waals surface area contributed by atoms with Gasteiger partial charge in [0.25, 0.3) is 5.89 Å². The highest BCUT2D eigenvalue weighted by Crippen LogP contribution is 2.26.